The van der Waals surface area contributed by atoms with Crippen molar-refractivity contribution in [2.45, 2.75) is 13.5 Å². The van der Waals surface area contributed by atoms with Crippen molar-refractivity contribution < 1.29 is 28.5 Å². The Bertz CT molecular complexity index is 796. The SMILES string of the molecule is COc1cc(OC)cc(C(=O)NCC(=O)OCc2cc(C)ccc2OC)c1. The summed E-state index contributed by atoms with van der Waals surface area (Å²) in [5, 5.41) is 2.52. The Balaban J connectivity index is 1.92. The molecule has 0 fully saturated rings. The molecule has 0 bridgehead atoms. The molecule has 0 spiro atoms. The van der Waals surface area contributed by atoms with Gasteiger partial charge in [-0.05, 0) is 31.2 Å². The molecule has 0 aliphatic heterocycles. The number of esters is 1. The first-order valence-electron chi connectivity index (χ1n) is 8.27. The lowest BCUT2D eigenvalue weighted by molar-refractivity contribution is -0.143. The van der Waals surface area contributed by atoms with E-state index in [1.807, 2.05) is 25.1 Å². The number of nitrogens with one attached hydrogen (secondary N) is 1. The van der Waals surface area contributed by atoms with E-state index in [1.54, 1.807) is 25.3 Å². The molecule has 2 rings (SSSR count). The second-order valence-corrected chi connectivity index (χ2v) is 5.76. The summed E-state index contributed by atoms with van der Waals surface area (Å²) in [5.74, 6) is 0.613. The third kappa shape index (κ3) is 5.64. The van der Waals surface area contributed by atoms with Gasteiger partial charge in [-0.2, -0.15) is 0 Å². The predicted molar refractivity (Wildman–Crippen MR) is 99.4 cm³/mol. The number of rotatable bonds is 8. The number of benzene rings is 2. The topological polar surface area (TPSA) is 83.1 Å². The summed E-state index contributed by atoms with van der Waals surface area (Å²) >= 11 is 0. The zero-order valence-corrected chi connectivity index (χ0v) is 15.8. The molecule has 0 aliphatic carbocycles. The van der Waals surface area contributed by atoms with Crippen LogP contribution in [0.25, 0.3) is 0 Å². The highest BCUT2D eigenvalue weighted by molar-refractivity contribution is 5.96. The first-order valence-corrected chi connectivity index (χ1v) is 8.27. The molecule has 144 valence electrons. The zero-order valence-electron chi connectivity index (χ0n) is 15.8. The third-order valence-corrected chi connectivity index (χ3v) is 3.83. The van der Waals surface area contributed by atoms with E-state index in [2.05, 4.69) is 5.32 Å². The fraction of sp³-hybridized carbons (Fsp3) is 0.300. The average molecular weight is 373 g/mol. The van der Waals surface area contributed by atoms with E-state index in [0.717, 1.165) is 11.1 Å². The first kappa shape index (κ1) is 20.1. The Morgan fingerprint density at radius 3 is 2.19 bits per heavy atom. The van der Waals surface area contributed by atoms with Crippen LogP contribution in [-0.4, -0.2) is 39.8 Å². The maximum Gasteiger partial charge on any atom is 0.325 e. The van der Waals surface area contributed by atoms with E-state index in [4.69, 9.17) is 18.9 Å². The Labute approximate surface area is 158 Å². The Hall–Kier alpha value is -3.22. The van der Waals surface area contributed by atoms with Gasteiger partial charge in [0.2, 0.25) is 0 Å². The fourth-order valence-corrected chi connectivity index (χ4v) is 2.42. The standard InChI is InChI=1S/C20H23NO6/c1-13-5-6-18(26-4)15(7-13)12-27-19(22)11-21-20(23)14-8-16(24-2)10-17(9-14)25-3/h5-10H,11-12H2,1-4H3,(H,21,23). The maximum atomic E-state index is 12.3. The van der Waals surface area contributed by atoms with Crippen molar-refractivity contribution in [3.8, 4) is 17.2 Å². The normalized spacial score (nSPS) is 10.1. The lowest BCUT2D eigenvalue weighted by Crippen LogP contribution is -2.30. The summed E-state index contributed by atoms with van der Waals surface area (Å²) in [5.41, 5.74) is 2.11. The third-order valence-electron chi connectivity index (χ3n) is 3.83. The quantitative estimate of drug-likeness (QED) is 0.716. The molecule has 0 aromatic heterocycles. The number of hydrogen-bond acceptors (Lipinski definition) is 6. The van der Waals surface area contributed by atoms with Gasteiger partial charge in [-0.1, -0.05) is 11.6 Å². The van der Waals surface area contributed by atoms with E-state index in [9.17, 15) is 9.59 Å². The smallest absolute Gasteiger partial charge is 0.325 e. The summed E-state index contributed by atoms with van der Waals surface area (Å²) < 4.78 is 20.7. The predicted octanol–water partition coefficient (Wildman–Crippen LogP) is 2.49. The molecule has 2 aromatic carbocycles. The first-order chi connectivity index (χ1) is 13.0. The summed E-state index contributed by atoms with van der Waals surface area (Å²) in [7, 11) is 4.54. The Morgan fingerprint density at radius 1 is 0.926 bits per heavy atom. The largest absolute Gasteiger partial charge is 0.497 e. The minimum absolute atomic E-state index is 0.0620. The lowest BCUT2D eigenvalue weighted by Gasteiger charge is -2.11. The number of hydrogen-bond donors (Lipinski definition) is 1. The van der Waals surface area contributed by atoms with Crippen LogP contribution in [0, 0.1) is 6.92 Å². The fourth-order valence-electron chi connectivity index (χ4n) is 2.42. The van der Waals surface area contributed by atoms with E-state index in [-0.39, 0.29) is 13.2 Å². The van der Waals surface area contributed by atoms with E-state index < -0.39 is 11.9 Å². The van der Waals surface area contributed by atoms with E-state index in [1.165, 1.54) is 14.2 Å². The highest BCUT2D eigenvalue weighted by Gasteiger charge is 2.13. The molecule has 0 saturated heterocycles. The van der Waals surface area contributed by atoms with Gasteiger partial charge < -0.3 is 24.3 Å². The Kier molecular flexibility index (Phi) is 7.05. The van der Waals surface area contributed by atoms with Crippen LogP contribution < -0.4 is 19.5 Å². The molecule has 0 heterocycles. The van der Waals surface area contributed by atoms with Crippen molar-refractivity contribution >= 4 is 11.9 Å². The van der Waals surface area contributed by atoms with Crippen molar-refractivity contribution in [2.75, 3.05) is 27.9 Å². The second-order valence-electron chi connectivity index (χ2n) is 5.76. The summed E-state index contributed by atoms with van der Waals surface area (Å²) in [6.45, 7) is 1.74. The monoisotopic (exact) mass is 373 g/mol. The van der Waals surface area contributed by atoms with Crippen LogP contribution in [-0.2, 0) is 16.1 Å². The molecule has 1 amide bonds. The van der Waals surface area contributed by atoms with Crippen LogP contribution in [0.15, 0.2) is 36.4 Å². The molecule has 0 atom stereocenters. The highest BCUT2D eigenvalue weighted by atomic mass is 16.5. The molecule has 7 nitrogen and oxygen atoms in total. The van der Waals surface area contributed by atoms with Gasteiger partial charge >= 0.3 is 5.97 Å². The molecule has 1 N–H and O–H groups in total. The van der Waals surface area contributed by atoms with Crippen molar-refractivity contribution in [3.05, 3.63) is 53.1 Å². The Morgan fingerprint density at radius 2 is 1.59 bits per heavy atom. The van der Waals surface area contributed by atoms with Crippen molar-refractivity contribution in [3.63, 3.8) is 0 Å². The average Bonchev–Trinajstić information content (AvgIpc) is 2.69. The number of carbonyl (C=O) groups is 2. The van der Waals surface area contributed by atoms with Crippen LogP contribution in [0.5, 0.6) is 17.2 Å². The van der Waals surface area contributed by atoms with Gasteiger partial charge in [0, 0.05) is 17.2 Å². The van der Waals surface area contributed by atoms with Crippen LogP contribution in [0.3, 0.4) is 0 Å². The van der Waals surface area contributed by atoms with Crippen LogP contribution >= 0.6 is 0 Å². The van der Waals surface area contributed by atoms with Crippen molar-refractivity contribution in [1.82, 2.24) is 5.32 Å². The number of amides is 1. The van der Waals surface area contributed by atoms with Gasteiger partial charge in [0.1, 0.15) is 30.4 Å². The van der Waals surface area contributed by atoms with Gasteiger partial charge in [-0.3, -0.25) is 9.59 Å². The highest BCUT2D eigenvalue weighted by Crippen LogP contribution is 2.22. The number of methoxy groups -OCH3 is 3. The molecule has 2 aromatic rings. The summed E-state index contributed by atoms with van der Waals surface area (Å²) in [6.07, 6.45) is 0. The molecule has 7 heteroatoms. The van der Waals surface area contributed by atoms with Gasteiger partial charge in [-0.25, -0.2) is 0 Å². The van der Waals surface area contributed by atoms with Gasteiger partial charge in [0.25, 0.3) is 5.91 Å². The van der Waals surface area contributed by atoms with Gasteiger partial charge in [0.05, 0.1) is 21.3 Å². The molecule has 0 aliphatic rings. The van der Waals surface area contributed by atoms with E-state index >= 15 is 0 Å². The molecular weight excluding hydrogens is 350 g/mol. The number of ether oxygens (including phenoxy) is 4. The summed E-state index contributed by atoms with van der Waals surface area (Å²) in [6, 6.07) is 10.4. The molecular formula is C20H23NO6. The van der Waals surface area contributed by atoms with Crippen LogP contribution in [0.2, 0.25) is 0 Å². The zero-order chi connectivity index (χ0) is 19.8. The molecule has 27 heavy (non-hydrogen) atoms. The van der Waals surface area contributed by atoms with Crippen molar-refractivity contribution in [2.24, 2.45) is 0 Å². The van der Waals surface area contributed by atoms with Gasteiger partial charge in [-0.15, -0.1) is 0 Å². The minimum Gasteiger partial charge on any atom is -0.497 e. The number of carbonyl (C=O) groups excluding carboxylic acids is 2. The van der Waals surface area contributed by atoms with Crippen LogP contribution in [0.1, 0.15) is 21.5 Å². The molecule has 0 radical (unpaired) electrons. The minimum atomic E-state index is -0.554. The lowest BCUT2D eigenvalue weighted by atomic mass is 10.1. The molecule has 0 saturated carbocycles. The maximum absolute atomic E-state index is 12.3. The van der Waals surface area contributed by atoms with E-state index in [0.29, 0.717) is 22.8 Å². The van der Waals surface area contributed by atoms with Gasteiger partial charge in [0.15, 0.2) is 0 Å². The second kappa shape index (κ2) is 9.47. The van der Waals surface area contributed by atoms with Crippen LogP contribution in [0.4, 0.5) is 0 Å². The summed E-state index contributed by atoms with van der Waals surface area (Å²) in [4.78, 5) is 24.2. The molecule has 0 unspecified atom stereocenters. The van der Waals surface area contributed by atoms with Crippen molar-refractivity contribution in [1.29, 1.82) is 0 Å². The number of aryl methyl sites for hydroxylation is 1.